The second-order valence-electron chi connectivity index (χ2n) is 4.35. The Bertz CT molecular complexity index is 432. The van der Waals surface area contributed by atoms with Crippen LogP contribution in [-0.2, 0) is 5.41 Å². The summed E-state index contributed by atoms with van der Waals surface area (Å²) >= 11 is 0. The van der Waals surface area contributed by atoms with Crippen LogP contribution in [0.5, 0.6) is 5.75 Å². The van der Waals surface area contributed by atoms with Gasteiger partial charge in [0.25, 0.3) is 0 Å². The highest BCUT2D eigenvalue weighted by Gasteiger charge is 2.29. The minimum Gasteiger partial charge on any atom is -0.505 e. The SMILES string of the molecule is C=C(C)C(C)(C(=C)C)c1ccc(O)c(F)c1. The first kappa shape index (κ1) is 12.5. The van der Waals surface area contributed by atoms with Gasteiger partial charge in [0.2, 0.25) is 0 Å². The van der Waals surface area contributed by atoms with E-state index in [1.54, 1.807) is 6.07 Å². The van der Waals surface area contributed by atoms with Crippen molar-refractivity contribution in [3.63, 3.8) is 0 Å². The third kappa shape index (κ3) is 1.87. The first-order chi connectivity index (χ1) is 7.30. The Morgan fingerprint density at radius 1 is 1.25 bits per heavy atom. The topological polar surface area (TPSA) is 20.2 Å². The van der Waals surface area contributed by atoms with E-state index in [4.69, 9.17) is 5.11 Å². The van der Waals surface area contributed by atoms with Gasteiger partial charge in [0, 0.05) is 5.41 Å². The molecule has 1 aromatic carbocycles. The highest BCUT2D eigenvalue weighted by atomic mass is 19.1. The number of rotatable bonds is 3. The van der Waals surface area contributed by atoms with Gasteiger partial charge in [-0.25, -0.2) is 4.39 Å². The fraction of sp³-hybridized carbons (Fsp3) is 0.286. The first-order valence-corrected chi connectivity index (χ1v) is 5.11. The molecule has 0 aliphatic rings. The van der Waals surface area contributed by atoms with Gasteiger partial charge in [-0.3, -0.25) is 0 Å². The summed E-state index contributed by atoms with van der Waals surface area (Å²) < 4.78 is 13.3. The van der Waals surface area contributed by atoms with Gasteiger partial charge >= 0.3 is 0 Å². The van der Waals surface area contributed by atoms with Crippen molar-refractivity contribution in [2.24, 2.45) is 0 Å². The molecule has 0 heterocycles. The van der Waals surface area contributed by atoms with Crippen molar-refractivity contribution in [3.05, 3.63) is 53.9 Å². The summed E-state index contributed by atoms with van der Waals surface area (Å²) in [6, 6.07) is 4.38. The maximum atomic E-state index is 13.3. The van der Waals surface area contributed by atoms with Crippen molar-refractivity contribution in [2.75, 3.05) is 0 Å². The third-order valence-corrected chi connectivity index (χ3v) is 3.23. The summed E-state index contributed by atoms with van der Waals surface area (Å²) in [5.41, 5.74) is 2.08. The second-order valence-corrected chi connectivity index (χ2v) is 4.35. The summed E-state index contributed by atoms with van der Waals surface area (Å²) in [6.07, 6.45) is 0. The number of hydrogen-bond donors (Lipinski definition) is 1. The van der Waals surface area contributed by atoms with Crippen molar-refractivity contribution >= 4 is 0 Å². The van der Waals surface area contributed by atoms with Gasteiger partial charge in [-0.2, -0.15) is 0 Å². The van der Waals surface area contributed by atoms with Crippen LogP contribution in [0.1, 0.15) is 26.3 Å². The van der Waals surface area contributed by atoms with E-state index in [0.29, 0.717) is 0 Å². The van der Waals surface area contributed by atoms with Crippen molar-refractivity contribution in [3.8, 4) is 5.75 Å². The van der Waals surface area contributed by atoms with E-state index in [0.717, 1.165) is 16.7 Å². The predicted octanol–water partition coefficient (Wildman–Crippen LogP) is 3.94. The van der Waals surface area contributed by atoms with E-state index < -0.39 is 11.2 Å². The van der Waals surface area contributed by atoms with Crippen molar-refractivity contribution in [1.82, 2.24) is 0 Å². The van der Waals surface area contributed by atoms with Gasteiger partial charge in [0.05, 0.1) is 0 Å². The van der Waals surface area contributed by atoms with Crippen LogP contribution >= 0.6 is 0 Å². The van der Waals surface area contributed by atoms with Crippen LogP contribution in [0.15, 0.2) is 42.5 Å². The largest absolute Gasteiger partial charge is 0.505 e. The van der Waals surface area contributed by atoms with Crippen LogP contribution in [0, 0.1) is 5.82 Å². The second kappa shape index (κ2) is 4.12. The quantitative estimate of drug-likeness (QED) is 0.765. The molecule has 0 aliphatic heterocycles. The van der Waals surface area contributed by atoms with Gasteiger partial charge < -0.3 is 5.11 Å². The molecule has 1 N–H and O–H groups in total. The van der Waals surface area contributed by atoms with E-state index in [9.17, 15) is 4.39 Å². The number of allylic oxidation sites excluding steroid dienone is 2. The number of benzene rings is 1. The van der Waals surface area contributed by atoms with Crippen molar-refractivity contribution < 1.29 is 9.50 Å². The van der Waals surface area contributed by atoms with Gasteiger partial charge in [-0.1, -0.05) is 30.4 Å². The molecule has 0 spiro atoms. The summed E-state index contributed by atoms with van der Waals surface area (Å²) in [4.78, 5) is 0. The van der Waals surface area contributed by atoms with Gasteiger partial charge in [0.1, 0.15) is 0 Å². The Kier molecular flexibility index (Phi) is 3.22. The molecule has 0 amide bonds. The smallest absolute Gasteiger partial charge is 0.165 e. The molecule has 1 rings (SSSR count). The molecule has 0 radical (unpaired) electrons. The van der Waals surface area contributed by atoms with Crippen LogP contribution in [0.25, 0.3) is 0 Å². The summed E-state index contributed by atoms with van der Waals surface area (Å²) in [7, 11) is 0. The summed E-state index contributed by atoms with van der Waals surface area (Å²) in [5, 5.41) is 9.17. The van der Waals surface area contributed by atoms with Gasteiger partial charge in [-0.05, 0) is 38.5 Å². The first-order valence-electron chi connectivity index (χ1n) is 5.11. The van der Waals surface area contributed by atoms with Crippen LogP contribution in [0.2, 0.25) is 0 Å². The number of phenolic OH excluding ortho intramolecular Hbond substituents is 1. The maximum Gasteiger partial charge on any atom is 0.165 e. The molecule has 0 unspecified atom stereocenters. The molecule has 0 fully saturated rings. The van der Waals surface area contributed by atoms with Crippen LogP contribution < -0.4 is 0 Å². The Balaban J connectivity index is 3.39. The predicted molar refractivity (Wildman–Crippen MR) is 65.0 cm³/mol. The molecule has 0 aliphatic carbocycles. The Labute approximate surface area is 95.9 Å². The molecule has 86 valence electrons. The monoisotopic (exact) mass is 220 g/mol. The molecule has 0 bridgehead atoms. The zero-order valence-electron chi connectivity index (χ0n) is 9.97. The van der Waals surface area contributed by atoms with Gasteiger partial charge in [-0.15, -0.1) is 0 Å². The summed E-state index contributed by atoms with van der Waals surface area (Å²) in [5.74, 6) is -0.958. The maximum absolute atomic E-state index is 13.3. The number of halogens is 1. The summed E-state index contributed by atoms with van der Waals surface area (Å²) in [6.45, 7) is 13.6. The lowest BCUT2D eigenvalue weighted by Gasteiger charge is -2.31. The van der Waals surface area contributed by atoms with Crippen molar-refractivity contribution in [1.29, 1.82) is 0 Å². The van der Waals surface area contributed by atoms with Crippen LogP contribution in [0.4, 0.5) is 4.39 Å². The number of hydrogen-bond acceptors (Lipinski definition) is 1. The molecular weight excluding hydrogens is 203 g/mol. The zero-order valence-corrected chi connectivity index (χ0v) is 9.97. The van der Waals surface area contributed by atoms with Crippen molar-refractivity contribution in [2.45, 2.75) is 26.2 Å². The minimum atomic E-state index is -0.619. The van der Waals surface area contributed by atoms with E-state index in [1.807, 2.05) is 20.8 Å². The van der Waals surface area contributed by atoms with E-state index in [2.05, 4.69) is 13.2 Å². The Hall–Kier alpha value is -1.57. The minimum absolute atomic E-state index is 0.338. The number of phenols is 1. The normalized spacial score (nSPS) is 11.2. The number of aromatic hydroxyl groups is 1. The molecule has 1 nitrogen and oxygen atoms in total. The molecule has 0 atom stereocenters. The highest BCUT2D eigenvalue weighted by Crippen LogP contribution is 2.38. The lowest BCUT2D eigenvalue weighted by atomic mass is 9.72. The molecule has 1 aromatic rings. The highest BCUT2D eigenvalue weighted by molar-refractivity contribution is 5.44. The average molecular weight is 220 g/mol. The molecule has 16 heavy (non-hydrogen) atoms. The Morgan fingerprint density at radius 2 is 1.75 bits per heavy atom. The standard InChI is InChI=1S/C14H17FO/c1-9(2)14(5,10(3)4)11-6-7-13(16)12(15)8-11/h6-8,16H,1,3H2,2,4-5H3. The fourth-order valence-corrected chi connectivity index (χ4v) is 1.67. The van der Waals surface area contributed by atoms with E-state index in [1.165, 1.54) is 12.1 Å². The fourth-order valence-electron chi connectivity index (χ4n) is 1.67. The van der Waals surface area contributed by atoms with E-state index in [-0.39, 0.29) is 5.75 Å². The van der Waals surface area contributed by atoms with Gasteiger partial charge in [0.15, 0.2) is 11.6 Å². The molecule has 0 saturated carbocycles. The van der Waals surface area contributed by atoms with Crippen LogP contribution in [-0.4, -0.2) is 5.11 Å². The van der Waals surface area contributed by atoms with Crippen LogP contribution in [0.3, 0.4) is 0 Å². The lowest BCUT2D eigenvalue weighted by molar-refractivity contribution is 0.430. The molecular formula is C14H17FO. The molecule has 0 aromatic heterocycles. The average Bonchev–Trinajstić information content (AvgIpc) is 2.20. The zero-order chi connectivity index (χ0) is 12.5. The molecule has 2 heteroatoms. The lowest BCUT2D eigenvalue weighted by Crippen LogP contribution is -2.24. The Morgan fingerprint density at radius 3 is 2.12 bits per heavy atom. The van der Waals surface area contributed by atoms with E-state index >= 15 is 0 Å². The third-order valence-electron chi connectivity index (χ3n) is 3.23. The molecule has 0 saturated heterocycles.